The zero-order valence-electron chi connectivity index (χ0n) is 16.5. The molecule has 28 heavy (non-hydrogen) atoms. The number of hydrogen-bond acceptors (Lipinski definition) is 6. The lowest BCUT2D eigenvalue weighted by molar-refractivity contribution is 0.0746. The predicted octanol–water partition coefficient (Wildman–Crippen LogP) is 3.33. The number of anilines is 2. The number of piperazine rings is 1. The van der Waals surface area contributed by atoms with Crippen LogP contribution in [0.1, 0.15) is 35.9 Å². The van der Waals surface area contributed by atoms with Gasteiger partial charge in [0.1, 0.15) is 5.82 Å². The fourth-order valence-electron chi connectivity index (χ4n) is 2.94. The van der Waals surface area contributed by atoms with Gasteiger partial charge in [-0.25, -0.2) is 0 Å². The Labute approximate surface area is 175 Å². The smallest absolute Gasteiger partial charge is 0.254 e. The van der Waals surface area contributed by atoms with Crippen molar-refractivity contribution in [3.8, 4) is 0 Å². The quantitative estimate of drug-likeness (QED) is 0.752. The van der Waals surface area contributed by atoms with E-state index in [1.54, 1.807) is 23.1 Å². The number of carbonyl (C=O) groups is 1. The number of rotatable bonds is 4. The topological polar surface area (TPSA) is 65.5 Å². The first-order valence-corrected chi connectivity index (χ1v) is 9.94. The molecule has 3 rings (SSSR count). The second-order valence-electron chi connectivity index (χ2n) is 7.28. The van der Waals surface area contributed by atoms with Gasteiger partial charge in [-0.1, -0.05) is 37.0 Å². The minimum atomic E-state index is -0.0726. The Morgan fingerprint density at radius 1 is 1.00 bits per heavy atom. The summed E-state index contributed by atoms with van der Waals surface area (Å²) < 4.78 is 0. The molecule has 1 aromatic heterocycles. The molecule has 150 valence electrons. The van der Waals surface area contributed by atoms with Crippen LogP contribution in [0.25, 0.3) is 0 Å². The van der Waals surface area contributed by atoms with Crippen molar-refractivity contribution in [3.05, 3.63) is 39.6 Å². The van der Waals surface area contributed by atoms with Gasteiger partial charge in [0.05, 0.1) is 0 Å². The third-order valence-electron chi connectivity index (χ3n) is 4.50. The van der Waals surface area contributed by atoms with E-state index < -0.39 is 0 Å². The van der Waals surface area contributed by atoms with E-state index in [1.165, 1.54) is 0 Å². The minimum absolute atomic E-state index is 0.0726. The molecule has 1 aliphatic rings. The number of carbonyl (C=O) groups excluding carboxylic acids is 1. The molecule has 0 spiro atoms. The van der Waals surface area contributed by atoms with Crippen molar-refractivity contribution in [2.75, 3.05) is 50.1 Å². The van der Waals surface area contributed by atoms with Gasteiger partial charge in [-0.3, -0.25) is 4.79 Å². The zero-order valence-corrected chi connectivity index (χ0v) is 18.0. The second kappa shape index (κ2) is 8.49. The number of hydrogen-bond donors (Lipinski definition) is 0. The van der Waals surface area contributed by atoms with Crippen LogP contribution < -0.4 is 9.80 Å². The number of nitrogens with zero attached hydrogens (tertiary/aromatic N) is 6. The molecule has 1 saturated heterocycles. The molecule has 0 radical (unpaired) electrons. The molecule has 9 heteroatoms. The van der Waals surface area contributed by atoms with Crippen LogP contribution in [0.3, 0.4) is 0 Å². The maximum absolute atomic E-state index is 12.8. The van der Waals surface area contributed by atoms with Crippen molar-refractivity contribution in [1.82, 2.24) is 19.9 Å². The van der Waals surface area contributed by atoms with Crippen LogP contribution in [0.5, 0.6) is 0 Å². The molecule has 2 aromatic rings. The molecular weight excluding hydrogens is 399 g/mol. The Bertz CT molecular complexity index is 819. The summed E-state index contributed by atoms with van der Waals surface area (Å²) >= 11 is 12.1. The van der Waals surface area contributed by atoms with E-state index in [1.807, 2.05) is 19.0 Å². The normalized spacial score (nSPS) is 14.5. The summed E-state index contributed by atoms with van der Waals surface area (Å²) in [4.78, 5) is 32.3. The van der Waals surface area contributed by atoms with E-state index in [0.717, 1.165) is 5.82 Å². The Hall–Kier alpha value is -2.12. The van der Waals surface area contributed by atoms with Crippen LogP contribution >= 0.6 is 23.2 Å². The molecule has 2 heterocycles. The molecule has 7 nitrogen and oxygen atoms in total. The summed E-state index contributed by atoms with van der Waals surface area (Å²) in [6, 6.07) is 4.91. The zero-order chi connectivity index (χ0) is 20.4. The number of amides is 1. The average molecular weight is 423 g/mol. The molecule has 0 atom stereocenters. The SMILES string of the molecule is CC(C)c1nc(N(C)C)nc(N2CCN(C(=O)c3cc(Cl)cc(Cl)c3)CC2)n1. The van der Waals surface area contributed by atoms with Crippen molar-refractivity contribution in [3.63, 3.8) is 0 Å². The average Bonchev–Trinajstić information content (AvgIpc) is 2.66. The molecule has 1 amide bonds. The summed E-state index contributed by atoms with van der Waals surface area (Å²) in [6.45, 7) is 6.56. The maximum atomic E-state index is 12.8. The highest BCUT2D eigenvalue weighted by Gasteiger charge is 2.25. The van der Waals surface area contributed by atoms with E-state index >= 15 is 0 Å². The van der Waals surface area contributed by atoms with Gasteiger partial charge < -0.3 is 14.7 Å². The van der Waals surface area contributed by atoms with Gasteiger partial charge in [-0.15, -0.1) is 0 Å². The summed E-state index contributed by atoms with van der Waals surface area (Å²) in [5.74, 6) is 2.19. The van der Waals surface area contributed by atoms with Crippen LogP contribution in [-0.2, 0) is 0 Å². The fraction of sp³-hybridized carbons (Fsp3) is 0.474. The largest absolute Gasteiger partial charge is 0.347 e. The lowest BCUT2D eigenvalue weighted by atomic mass is 10.2. The summed E-state index contributed by atoms with van der Waals surface area (Å²) in [6.07, 6.45) is 0. The second-order valence-corrected chi connectivity index (χ2v) is 8.15. The Morgan fingerprint density at radius 2 is 1.61 bits per heavy atom. The fourth-order valence-corrected chi connectivity index (χ4v) is 3.46. The molecular formula is C19H24Cl2N6O. The Kier molecular flexibility index (Phi) is 6.25. The van der Waals surface area contributed by atoms with Crippen LogP contribution in [0.4, 0.5) is 11.9 Å². The third kappa shape index (κ3) is 4.64. The Morgan fingerprint density at radius 3 is 2.14 bits per heavy atom. The maximum Gasteiger partial charge on any atom is 0.254 e. The van der Waals surface area contributed by atoms with E-state index in [9.17, 15) is 4.79 Å². The van der Waals surface area contributed by atoms with Gasteiger partial charge >= 0.3 is 0 Å². The molecule has 1 aromatic carbocycles. The lowest BCUT2D eigenvalue weighted by Crippen LogP contribution is -2.49. The van der Waals surface area contributed by atoms with Crippen molar-refractivity contribution < 1.29 is 4.79 Å². The first-order chi connectivity index (χ1) is 13.2. The van der Waals surface area contributed by atoms with E-state index in [4.69, 9.17) is 23.2 Å². The highest BCUT2D eigenvalue weighted by molar-refractivity contribution is 6.35. The third-order valence-corrected chi connectivity index (χ3v) is 4.94. The van der Waals surface area contributed by atoms with Gasteiger partial charge in [-0.2, -0.15) is 15.0 Å². The monoisotopic (exact) mass is 422 g/mol. The molecule has 1 fully saturated rings. The first-order valence-electron chi connectivity index (χ1n) is 9.18. The summed E-state index contributed by atoms with van der Waals surface area (Å²) in [7, 11) is 3.83. The Balaban J connectivity index is 1.74. The highest BCUT2D eigenvalue weighted by Crippen LogP contribution is 2.22. The van der Waals surface area contributed by atoms with Gasteiger partial charge in [0.15, 0.2) is 0 Å². The molecule has 0 aliphatic carbocycles. The van der Waals surface area contributed by atoms with Gasteiger partial charge in [0.25, 0.3) is 5.91 Å². The summed E-state index contributed by atoms with van der Waals surface area (Å²) in [5.41, 5.74) is 0.503. The van der Waals surface area contributed by atoms with Gasteiger partial charge in [-0.05, 0) is 18.2 Å². The van der Waals surface area contributed by atoms with E-state index in [-0.39, 0.29) is 11.8 Å². The first kappa shape index (κ1) is 20.6. The van der Waals surface area contributed by atoms with Crippen LogP contribution in [0.2, 0.25) is 10.0 Å². The molecule has 0 bridgehead atoms. The minimum Gasteiger partial charge on any atom is -0.347 e. The molecule has 0 N–H and O–H groups in total. The number of benzene rings is 1. The molecule has 0 saturated carbocycles. The lowest BCUT2D eigenvalue weighted by Gasteiger charge is -2.35. The standard InChI is InChI=1S/C19H24Cl2N6O/c1-12(2)16-22-18(25(3)4)24-19(23-16)27-7-5-26(6-8-27)17(28)13-9-14(20)11-15(21)10-13/h9-12H,5-8H2,1-4H3. The summed E-state index contributed by atoms with van der Waals surface area (Å²) in [5, 5.41) is 0.911. The highest BCUT2D eigenvalue weighted by atomic mass is 35.5. The van der Waals surface area contributed by atoms with Crippen molar-refractivity contribution >= 4 is 41.0 Å². The van der Waals surface area contributed by atoms with Crippen molar-refractivity contribution in [2.45, 2.75) is 19.8 Å². The molecule has 0 unspecified atom stereocenters. The van der Waals surface area contributed by atoms with Gasteiger partial charge in [0, 0.05) is 61.8 Å². The van der Waals surface area contributed by atoms with Gasteiger partial charge in [0.2, 0.25) is 11.9 Å². The van der Waals surface area contributed by atoms with E-state index in [0.29, 0.717) is 53.7 Å². The van der Waals surface area contributed by atoms with E-state index in [2.05, 4.69) is 33.7 Å². The van der Waals surface area contributed by atoms with Crippen molar-refractivity contribution in [1.29, 1.82) is 0 Å². The molecule has 1 aliphatic heterocycles. The number of aromatic nitrogens is 3. The predicted molar refractivity (Wildman–Crippen MR) is 113 cm³/mol. The van der Waals surface area contributed by atoms with Crippen molar-refractivity contribution in [2.24, 2.45) is 0 Å². The van der Waals surface area contributed by atoms with Crippen LogP contribution in [-0.4, -0.2) is 66.0 Å². The number of halogens is 2. The van der Waals surface area contributed by atoms with Crippen LogP contribution in [0.15, 0.2) is 18.2 Å². The van der Waals surface area contributed by atoms with Crippen LogP contribution in [0, 0.1) is 0 Å².